The van der Waals surface area contributed by atoms with Crippen molar-refractivity contribution in [1.82, 2.24) is 4.90 Å². The molecule has 1 aromatic carbocycles. The van der Waals surface area contributed by atoms with E-state index in [0.29, 0.717) is 36.7 Å². The number of carboxylic acids is 1. The minimum Gasteiger partial charge on any atom is -0.493 e. The van der Waals surface area contributed by atoms with Crippen molar-refractivity contribution in [2.24, 2.45) is 11.8 Å². The van der Waals surface area contributed by atoms with Crippen LogP contribution in [0.25, 0.3) is 0 Å². The maximum atomic E-state index is 11.9. The van der Waals surface area contributed by atoms with Crippen LogP contribution in [-0.2, 0) is 9.53 Å². The number of aliphatic carboxylic acids is 1. The van der Waals surface area contributed by atoms with Crippen LogP contribution < -0.4 is 9.47 Å². The Balaban J connectivity index is 2.40. The van der Waals surface area contributed by atoms with E-state index in [1.807, 2.05) is 13.8 Å². The van der Waals surface area contributed by atoms with Crippen molar-refractivity contribution in [2.75, 3.05) is 27.4 Å². The van der Waals surface area contributed by atoms with E-state index in [1.165, 1.54) is 7.11 Å². The first kappa shape index (κ1) is 21.8. The van der Waals surface area contributed by atoms with Gasteiger partial charge in [0.05, 0.1) is 19.8 Å². The minimum atomic E-state index is -1.24. The van der Waals surface area contributed by atoms with Gasteiger partial charge in [-0.3, -0.25) is 4.90 Å². The number of amides is 1. The molecule has 0 saturated carbocycles. The van der Waals surface area contributed by atoms with E-state index in [9.17, 15) is 19.8 Å². The Bertz CT molecular complexity index is 691. The molecule has 1 aromatic rings. The van der Waals surface area contributed by atoms with Crippen molar-refractivity contribution in [2.45, 2.75) is 38.8 Å². The van der Waals surface area contributed by atoms with E-state index in [2.05, 4.69) is 0 Å². The highest BCUT2D eigenvalue weighted by atomic mass is 16.5. The van der Waals surface area contributed by atoms with Gasteiger partial charge in [-0.1, -0.05) is 19.9 Å². The minimum absolute atomic E-state index is 0.115. The van der Waals surface area contributed by atoms with Gasteiger partial charge in [-0.15, -0.1) is 0 Å². The summed E-state index contributed by atoms with van der Waals surface area (Å²) >= 11 is 0. The second-order valence-electron chi connectivity index (χ2n) is 7.24. The highest BCUT2D eigenvalue weighted by Gasteiger charge is 2.49. The first-order valence-corrected chi connectivity index (χ1v) is 9.35. The summed E-state index contributed by atoms with van der Waals surface area (Å²) in [5.74, 6) is -0.0870. The lowest BCUT2D eigenvalue weighted by Gasteiger charge is -2.30. The van der Waals surface area contributed by atoms with E-state index < -0.39 is 24.1 Å². The molecule has 1 amide bonds. The Kier molecular flexibility index (Phi) is 7.51. The molecule has 2 N–H and O–H groups in total. The monoisotopic (exact) mass is 395 g/mol. The van der Waals surface area contributed by atoms with E-state index >= 15 is 0 Å². The number of hydrogen-bond acceptors (Lipinski definition) is 5. The summed E-state index contributed by atoms with van der Waals surface area (Å²) in [4.78, 5) is 24.6. The van der Waals surface area contributed by atoms with E-state index in [1.54, 1.807) is 25.3 Å². The second kappa shape index (κ2) is 9.64. The van der Waals surface area contributed by atoms with Crippen LogP contribution >= 0.6 is 0 Å². The third-order valence-electron chi connectivity index (χ3n) is 5.18. The van der Waals surface area contributed by atoms with Gasteiger partial charge in [0.2, 0.25) is 0 Å². The third kappa shape index (κ3) is 4.67. The summed E-state index contributed by atoms with van der Waals surface area (Å²) < 4.78 is 16.2. The van der Waals surface area contributed by atoms with E-state index in [-0.39, 0.29) is 18.3 Å². The van der Waals surface area contributed by atoms with Gasteiger partial charge in [0, 0.05) is 20.1 Å². The largest absolute Gasteiger partial charge is 0.493 e. The van der Waals surface area contributed by atoms with Gasteiger partial charge in [-0.25, -0.2) is 9.59 Å². The molecule has 3 atom stereocenters. The fraction of sp³-hybridized carbons (Fsp3) is 0.600. The second-order valence-corrected chi connectivity index (χ2v) is 7.24. The van der Waals surface area contributed by atoms with Crippen molar-refractivity contribution in [3.63, 3.8) is 0 Å². The standard InChI is InChI=1S/C20H29NO7/c1-12(2)14-11-15(19(22)23)21(20(24)25)18(14)13-6-7-16(27-4)17(10-13)28-9-5-8-26-3/h6-7,10,12,14-15,18H,5,8-9,11H2,1-4H3,(H,22,23)(H,24,25)/t14?,15-,18-/m1/s1. The molecule has 1 aliphatic rings. The molecular weight excluding hydrogens is 366 g/mol. The van der Waals surface area contributed by atoms with Gasteiger partial charge >= 0.3 is 12.1 Å². The molecule has 0 radical (unpaired) electrons. The number of rotatable bonds is 9. The Morgan fingerprint density at radius 1 is 1.18 bits per heavy atom. The molecule has 1 fully saturated rings. The van der Waals surface area contributed by atoms with Gasteiger partial charge < -0.3 is 24.4 Å². The Morgan fingerprint density at radius 3 is 2.43 bits per heavy atom. The average Bonchev–Trinajstić information content (AvgIpc) is 3.06. The molecule has 0 aromatic heterocycles. The summed E-state index contributed by atoms with van der Waals surface area (Å²) in [6.07, 6.45) is -0.261. The van der Waals surface area contributed by atoms with Gasteiger partial charge in [0.15, 0.2) is 11.5 Å². The van der Waals surface area contributed by atoms with Crippen molar-refractivity contribution in [3.8, 4) is 11.5 Å². The molecular formula is C20H29NO7. The molecule has 8 heteroatoms. The first-order valence-electron chi connectivity index (χ1n) is 9.35. The summed E-state index contributed by atoms with van der Waals surface area (Å²) in [6, 6.07) is 3.63. The molecule has 0 aliphatic carbocycles. The summed E-state index contributed by atoms with van der Waals surface area (Å²) in [5, 5.41) is 19.3. The number of hydrogen-bond donors (Lipinski definition) is 2. The fourth-order valence-corrected chi connectivity index (χ4v) is 3.79. The van der Waals surface area contributed by atoms with Gasteiger partial charge in [-0.05, 0) is 36.0 Å². The predicted octanol–water partition coefficient (Wildman–Crippen LogP) is 3.26. The lowest BCUT2D eigenvalue weighted by molar-refractivity contribution is -0.142. The lowest BCUT2D eigenvalue weighted by Crippen LogP contribution is -2.41. The van der Waals surface area contributed by atoms with Crippen LogP contribution in [-0.4, -0.2) is 60.7 Å². The average molecular weight is 395 g/mol. The normalized spacial score (nSPS) is 21.8. The van der Waals surface area contributed by atoms with Crippen LogP contribution in [0.4, 0.5) is 4.79 Å². The van der Waals surface area contributed by atoms with Crippen molar-refractivity contribution < 1.29 is 34.0 Å². The van der Waals surface area contributed by atoms with Gasteiger partial charge in [0.25, 0.3) is 0 Å². The van der Waals surface area contributed by atoms with Crippen LogP contribution in [0.3, 0.4) is 0 Å². The zero-order valence-corrected chi connectivity index (χ0v) is 16.8. The van der Waals surface area contributed by atoms with Crippen LogP contribution in [0.5, 0.6) is 11.5 Å². The smallest absolute Gasteiger partial charge is 0.408 e. The topological polar surface area (TPSA) is 106 Å². The lowest BCUT2D eigenvalue weighted by atomic mass is 9.84. The van der Waals surface area contributed by atoms with E-state index in [0.717, 1.165) is 4.90 Å². The molecule has 1 saturated heterocycles. The molecule has 156 valence electrons. The molecule has 2 rings (SSSR count). The van der Waals surface area contributed by atoms with Gasteiger partial charge in [0.1, 0.15) is 6.04 Å². The number of carbonyl (C=O) groups is 2. The highest BCUT2D eigenvalue weighted by Crippen LogP contribution is 2.46. The maximum Gasteiger partial charge on any atom is 0.408 e. The molecule has 0 bridgehead atoms. The molecule has 0 spiro atoms. The van der Waals surface area contributed by atoms with Crippen molar-refractivity contribution >= 4 is 12.1 Å². The molecule has 1 aliphatic heterocycles. The van der Waals surface area contributed by atoms with Crippen LogP contribution in [0, 0.1) is 11.8 Å². The summed E-state index contributed by atoms with van der Waals surface area (Å²) in [7, 11) is 3.15. The third-order valence-corrected chi connectivity index (χ3v) is 5.18. The quantitative estimate of drug-likeness (QED) is 0.618. The van der Waals surface area contributed by atoms with Crippen molar-refractivity contribution in [3.05, 3.63) is 23.8 Å². The number of nitrogens with zero attached hydrogens (tertiary/aromatic N) is 1. The zero-order chi connectivity index (χ0) is 20.8. The van der Waals surface area contributed by atoms with Crippen LogP contribution in [0.2, 0.25) is 0 Å². The SMILES string of the molecule is COCCCOc1cc([C@@H]2C(C(C)C)C[C@H](C(=O)O)N2C(=O)O)ccc1OC. The summed E-state index contributed by atoms with van der Waals surface area (Å²) in [5.41, 5.74) is 0.701. The molecule has 1 heterocycles. The Morgan fingerprint density at radius 2 is 1.89 bits per heavy atom. The summed E-state index contributed by atoms with van der Waals surface area (Å²) in [6.45, 7) is 4.95. The van der Waals surface area contributed by atoms with E-state index in [4.69, 9.17) is 14.2 Å². The van der Waals surface area contributed by atoms with Crippen LogP contribution in [0.1, 0.15) is 38.3 Å². The first-order chi connectivity index (χ1) is 13.3. The Labute approximate surface area is 165 Å². The number of ether oxygens (including phenoxy) is 3. The molecule has 28 heavy (non-hydrogen) atoms. The number of methoxy groups -OCH3 is 2. The molecule has 8 nitrogen and oxygen atoms in total. The molecule has 1 unspecified atom stereocenters. The predicted molar refractivity (Wildman–Crippen MR) is 102 cm³/mol. The van der Waals surface area contributed by atoms with Gasteiger partial charge in [-0.2, -0.15) is 0 Å². The zero-order valence-electron chi connectivity index (χ0n) is 16.8. The highest BCUT2D eigenvalue weighted by molar-refractivity contribution is 5.80. The Hall–Kier alpha value is -2.48. The number of likely N-dealkylation sites (tertiary alicyclic amines) is 1. The van der Waals surface area contributed by atoms with Crippen molar-refractivity contribution in [1.29, 1.82) is 0 Å². The maximum absolute atomic E-state index is 11.9. The number of benzene rings is 1. The number of carboxylic acid groups (broad SMARTS) is 2. The fourth-order valence-electron chi connectivity index (χ4n) is 3.79. The van der Waals surface area contributed by atoms with Crippen LogP contribution in [0.15, 0.2) is 18.2 Å².